The van der Waals surface area contributed by atoms with Crippen molar-refractivity contribution in [1.82, 2.24) is 10.2 Å². The summed E-state index contributed by atoms with van der Waals surface area (Å²) in [5.74, 6) is -2.17. The number of rotatable bonds is 37. The van der Waals surface area contributed by atoms with Gasteiger partial charge in [0.1, 0.15) is 6.04 Å². The lowest BCUT2D eigenvalue weighted by Crippen LogP contribution is -2.54. The van der Waals surface area contributed by atoms with Gasteiger partial charge in [0.05, 0.1) is 156 Å². The van der Waals surface area contributed by atoms with Gasteiger partial charge >= 0.3 is 0 Å². The zero-order chi connectivity index (χ0) is 39.9. The molecule has 18 nitrogen and oxygen atoms in total. The van der Waals surface area contributed by atoms with Gasteiger partial charge in [0, 0.05) is 18.7 Å². The van der Waals surface area contributed by atoms with Crippen molar-refractivity contribution in [1.29, 1.82) is 0 Å². The third-order valence-corrected chi connectivity index (χ3v) is 7.99. The number of carbonyl (C=O) groups is 4. The van der Waals surface area contributed by atoms with E-state index >= 15 is 0 Å². The fourth-order valence-corrected chi connectivity index (χ4v) is 5.29. The summed E-state index contributed by atoms with van der Waals surface area (Å²) in [5, 5.41) is 5.33. The van der Waals surface area contributed by atoms with Crippen LogP contribution >= 0.6 is 0 Å². The summed E-state index contributed by atoms with van der Waals surface area (Å²) in [6.45, 7) is 14.3. The summed E-state index contributed by atoms with van der Waals surface area (Å²) in [4.78, 5) is 50.9. The monoisotopic (exact) mass is 797 g/mol. The number of amides is 4. The van der Waals surface area contributed by atoms with E-state index in [9.17, 15) is 19.2 Å². The van der Waals surface area contributed by atoms with E-state index in [1.807, 2.05) is 0 Å². The summed E-state index contributed by atoms with van der Waals surface area (Å²) in [6.07, 6.45) is 1.87. The van der Waals surface area contributed by atoms with Crippen molar-refractivity contribution in [3.8, 4) is 0 Å². The molecule has 0 radical (unpaired) electrons. The molecule has 2 N–H and O–H groups in total. The first kappa shape index (κ1) is 47.0. The quantitative estimate of drug-likeness (QED) is 0.0546. The van der Waals surface area contributed by atoms with Gasteiger partial charge in [0.2, 0.25) is 11.8 Å². The number of hydrogen-bond acceptors (Lipinski definition) is 16. The average Bonchev–Trinajstić information content (AvgIpc) is 3.45. The molecule has 1 fully saturated rings. The van der Waals surface area contributed by atoms with E-state index in [-0.39, 0.29) is 24.0 Å². The smallest absolute Gasteiger partial charge is 0.264 e. The predicted octanol–water partition coefficient (Wildman–Crippen LogP) is 0.868. The van der Waals surface area contributed by atoms with Crippen LogP contribution in [-0.4, -0.2) is 186 Å². The van der Waals surface area contributed by atoms with E-state index in [1.54, 1.807) is 24.3 Å². The fraction of sp³-hybridized carbons (Fsp3) is 0.684. The molecular weight excluding hydrogens is 738 g/mol. The van der Waals surface area contributed by atoms with Gasteiger partial charge < -0.3 is 57.4 Å². The number of hydrogen-bond donors (Lipinski definition) is 2. The second-order valence-electron chi connectivity index (χ2n) is 12.1. The molecule has 1 unspecified atom stereocenters. The van der Waals surface area contributed by atoms with Crippen molar-refractivity contribution in [3.63, 3.8) is 0 Å². The Balaban J connectivity index is 1.00. The Morgan fingerprint density at radius 2 is 1.00 bits per heavy atom. The Morgan fingerprint density at radius 1 is 0.589 bits per heavy atom. The summed E-state index contributed by atoms with van der Waals surface area (Å²) >= 11 is 0. The van der Waals surface area contributed by atoms with Gasteiger partial charge in [-0.25, -0.2) is 0 Å². The molecule has 0 aliphatic carbocycles. The second-order valence-corrected chi connectivity index (χ2v) is 12.1. The predicted molar refractivity (Wildman–Crippen MR) is 201 cm³/mol. The van der Waals surface area contributed by atoms with Crippen LogP contribution in [0.3, 0.4) is 0 Å². The van der Waals surface area contributed by atoms with Crippen molar-refractivity contribution in [2.24, 2.45) is 0 Å². The maximum atomic E-state index is 13.2. The number of anilines is 1. The molecule has 1 aromatic carbocycles. The van der Waals surface area contributed by atoms with Gasteiger partial charge in [0.25, 0.3) is 11.8 Å². The Bertz CT molecular complexity index is 1290. The minimum absolute atomic E-state index is 0.0650. The lowest BCUT2D eigenvalue weighted by Gasteiger charge is -2.27. The third-order valence-electron chi connectivity index (χ3n) is 7.99. The summed E-state index contributed by atoms with van der Waals surface area (Å²) in [7, 11) is 0. The first-order valence-electron chi connectivity index (χ1n) is 19.1. The highest BCUT2D eigenvalue weighted by molar-refractivity contribution is 6.25. The van der Waals surface area contributed by atoms with Crippen LogP contribution in [0.2, 0.25) is 0 Å². The molecule has 1 saturated heterocycles. The molecule has 4 amide bonds. The molecule has 0 bridgehead atoms. The molecule has 1 aromatic rings. The molecule has 18 heteroatoms. The van der Waals surface area contributed by atoms with Gasteiger partial charge in [-0.2, -0.15) is 0 Å². The Labute approximate surface area is 328 Å². The van der Waals surface area contributed by atoms with Crippen LogP contribution in [0.5, 0.6) is 0 Å². The summed E-state index contributed by atoms with van der Waals surface area (Å²) in [6, 6.07) is 3.90. The average molecular weight is 798 g/mol. The van der Waals surface area contributed by atoms with Gasteiger partial charge in [-0.3, -0.25) is 29.4 Å². The van der Waals surface area contributed by atoms with Crippen molar-refractivity contribution < 1.29 is 71.3 Å². The van der Waals surface area contributed by atoms with E-state index < -0.39 is 29.7 Å². The molecular formula is C38H59N3O15. The number of ether oxygens (including phenoxy) is 11. The first-order valence-corrected chi connectivity index (χ1v) is 19.1. The number of carbonyl (C=O) groups excluding carboxylic acids is 4. The number of nitrogens with zero attached hydrogens (tertiary/aromatic N) is 1. The SMILES string of the molecule is C=CCOCCOCCOCCOCCOCCOCCOCCOCCOCCOCCOCCNc1cccc2c1C(=O)N(C1CCC(=O)NC1=O)C2=O. The van der Waals surface area contributed by atoms with Crippen LogP contribution in [0.1, 0.15) is 33.6 Å². The third kappa shape index (κ3) is 19.2. The molecule has 56 heavy (non-hydrogen) atoms. The summed E-state index contributed by atoms with van der Waals surface area (Å²) in [5.41, 5.74) is 0.905. The first-order chi connectivity index (χ1) is 27.5. The molecule has 2 aliphatic heterocycles. The maximum absolute atomic E-state index is 13.2. The lowest BCUT2D eigenvalue weighted by molar-refractivity contribution is -0.136. The van der Waals surface area contributed by atoms with E-state index in [4.69, 9.17) is 52.1 Å². The van der Waals surface area contributed by atoms with E-state index in [2.05, 4.69) is 17.2 Å². The van der Waals surface area contributed by atoms with Gasteiger partial charge in [-0.05, 0) is 18.6 Å². The highest BCUT2D eigenvalue weighted by Crippen LogP contribution is 2.32. The van der Waals surface area contributed by atoms with Crippen LogP contribution in [0.4, 0.5) is 5.69 Å². The topological polar surface area (TPSA) is 197 Å². The van der Waals surface area contributed by atoms with Crippen molar-refractivity contribution in [2.75, 3.05) is 157 Å². The minimum Gasteiger partial charge on any atom is -0.382 e. The Kier molecular flexibility index (Phi) is 25.8. The summed E-state index contributed by atoms with van der Waals surface area (Å²) < 4.78 is 60.0. The van der Waals surface area contributed by atoms with E-state index in [0.717, 1.165) is 4.90 Å². The zero-order valence-electron chi connectivity index (χ0n) is 32.3. The molecule has 0 spiro atoms. The van der Waals surface area contributed by atoms with Crippen molar-refractivity contribution in [2.45, 2.75) is 18.9 Å². The van der Waals surface area contributed by atoms with Gasteiger partial charge in [0.15, 0.2) is 0 Å². The van der Waals surface area contributed by atoms with Crippen LogP contribution in [-0.2, 0) is 61.7 Å². The van der Waals surface area contributed by atoms with Crippen LogP contribution in [0.15, 0.2) is 30.9 Å². The zero-order valence-corrected chi connectivity index (χ0v) is 32.3. The van der Waals surface area contributed by atoms with Crippen LogP contribution in [0, 0.1) is 0 Å². The molecule has 3 rings (SSSR count). The standard InChI is InChI=1S/C38H59N3O15/c1-2-9-46-11-13-48-15-17-50-19-21-52-23-25-54-27-29-56-30-28-55-26-24-53-22-20-51-18-16-49-14-12-47-10-8-39-32-5-3-4-31-35(32)38(45)41(37(31)44)33-6-7-34(42)40-36(33)43/h2-5,33,39H,1,6-30H2,(H,40,42,43). The number of nitrogens with one attached hydrogen (secondary N) is 2. The Hall–Kier alpha value is -3.40. The molecule has 316 valence electrons. The van der Waals surface area contributed by atoms with Crippen LogP contribution in [0.25, 0.3) is 0 Å². The molecule has 2 aliphatic rings. The number of fused-ring (bicyclic) bond motifs is 1. The van der Waals surface area contributed by atoms with Gasteiger partial charge in [-0.15, -0.1) is 6.58 Å². The van der Waals surface area contributed by atoms with Crippen molar-refractivity contribution in [3.05, 3.63) is 42.0 Å². The van der Waals surface area contributed by atoms with E-state index in [0.29, 0.717) is 158 Å². The largest absolute Gasteiger partial charge is 0.382 e. The number of piperidine rings is 1. The number of benzene rings is 1. The van der Waals surface area contributed by atoms with E-state index in [1.165, 1.54) is 0 Å². The Morgan fingerprint density at radius 3 is 1.41 bits per heavy atom. The van der Waals surface area contributed by atoms with Crippen molar-refractivity contribution >= 4 is 29.3 Å². The minimum atomic E-state index is -1.01. The second kappa shape index (κ2) is 30.7. The fourth-order valence-electron chi connectivity index (χ4n) is 5.29. The molecule has 1 atom stereocenters. The molecule has 0 saturated carbocycles. The molecule has 2 heterocycles. The van der Waals surface area contributed by atoms with Gasteiger partial charge in [-0.1, -0.05) is 12.1 Å². The molecule has 0 aromatic heterocycles. The highest BCUT2D eigenvalue weighted by atomic mass is 16.6. The number of imide groups is 2. The maximum Gasteiger partial charge on any atom is 0.264 e. The normalized spacial score (nSPS) is 15.4. The lowest BCUT2D eigenvalue weighted by atomic mass is 10.0. The highest BCUT2D eigenvalue weighted by Gasteiger charge is 2.45. The van der Waals surface area contributed by atoms with Crippen LogP contribution < -0.4 is 10.6 Å².